The van der Waals surface area contributed by atoms with Crippen molar-refractivity contribution in [3.8, 4) is 0 Å². The van der Waals surface area contributed by atoms with E-state index in [9.17, 15) is 4.79 Å². The lowest BCUT2D eigenvalue weighted by molar-refractivity contribution is -0.121. The molecular weight excluding hydrogens is 232 g/mol. The van der Waals surface area contributed by atoms with E-state index in [0.29, 0.717) is 18.5 Å². The largest absolute Gasteiger partial charge is 0.352 e. The van der Waals surface area contributed by atoms with Crippen LogP contribution in [-0.4, -0.2) is 36.0 Å². The van der Waals surface area contributed by atoms with E-state index < -0.39 is 0 Å². The van der Waals surface area contributed by atoms with Crippen LogP contribution < -0.4 is 10.6 Å². The summed E-state index contributed by atoms with van der Waals surface area (Å²) in [5.41, 5.74) is 0.467. The highest BCUT2D eigenvalue weighted by Crippen LogP contribution is 2.62. The molecule has 1 saturated heterocycles. The average Bonchev–Trinajstić information content (AvgIpc) is 2.62. The zero-order valence-electron chi connectivity index (χ0n) is 11.3. The van der Waals surface area contributed by atoms with Gasteiger partial charge in [-0.25, -0.2) is 0 Å². The highest BCUT2D eigenvalue weighted by Gasteiger charge is 2.65. The molecule has 1 aliphatic carbocycles. The molecule has 0 radical (unpaired) electrons. The number of thioether (sulfide) groups is 1. The SMILES string of the molecule is CC1(C)C(NC(=O)CC2CSCCN2)C1(C)C. The van der Waals surface area contributed by atoms with Crippen LogP contribution in [0.1, 0.15) is 34.1 Å². The number of carbonyl (C=O) groups excluding carboxylic acids is 1. The van der Waals surface area contributed by atoms with E-state index in [1.165, 1.54) is 5.75 Å². The van der Waals surface area contributed by atoms with Gasteiger partial charge in [-0.3, -0.25) is 4.79 Å². The Morgan fingerprint density at radius 3 is 2.47 bits per heavy atom. The summed E-state index contributed by atoms with van der Waals surface area (Å²) >= 11 is 1.94. The van der Waals surface area contributed by atoms with E-state index in [-0.39, 0.29) is 16.7 Å². The fourth-order valence-corrected chi connectivity index (χ4v) is 3.70. The number of hydrogen-bond donors (Lipinski definition) is 2. The van der Waals surface area contributed by atoms with Crippen molar-refractivity contribution >= 4 is 17.7 Å². The molecule has 2 aliphatic rings. The van der Waals surface area contributed by atoms with Gasteiger partial charge in [0.2, 0.25) is 5.91 Å². The first-order chi connectivity index (χ1) is 7.85. The first-order valence-corrected chi connectivity index (χ1v) is 7.61. The number of amides is 1. The Bertz CT molecular complexity index is 295. The first kappa shape index (κ1) is 13.2. The smallest absolute Gasteiger partial charge is 0.221 e. The highest BCUT2D eigenvalue weighted by molar-refractivity contribution is 7.99. The molecule has 4 heteroatoms. The van der Waals surface area contributed by atoms with Gasteiger partial charge in [0.05, 0.1) is 0 Å². The average molecular weight is 256 g/mol. The zero-order chi connectivity index (χ0) is 12.7. The number of hydrogen-bond acceptors (Lipinski definition) is 3. The molecule has 1 unspecified atom stereocenters. The zero-order valence-corrected chi connectivity index (χ0v) is 12.1. The predicted octanol–water partition coefficient (Wildman–Crippen LogP) is 1.63. The molecule has 0 bridgehead atoms. The van der Waals surface area contributed by atoms with Gasteiger partial charge in [-0.2, -0.15) is 11.8 Å². The van der Waals surface area contributed by atoms with Crippen molar-refractivity contribution in [3.05, 3.63) is 0 Å². The molecule has 2 N–H and O–H groups in total. The van der Waals surface area contributed by atoms with Crippen molar-refractivity contribution in [2.75, 3.05) is 18.1 Å². The Kier molecular flexibility index (Phi) is 3.47. The second-order valence-corrected chi connectivity index (χ2v) is 7.52. The minimum absolute atomic E-state index is 0.202. The molecule has 0 aromatic heterocycles. The quantitative estimate of drug-likeness (QED) is 0.806. The van der Waals surface area contributed by atoms with Gasteiger partial charge >= 0.3 is 0 Å². The molecular formula is C13H24N2OS. The molecule has 2 fully saturated rings. The maximum Gasteiger partial charge on any atom is 0.221 e. The number of rotatable bonds is 3. The van der Waals surface area contributed by atoms with Crippen LogP contribution in [0, 0.1) is 10.8 Å². The van der Waals surface area contributed by atoms with Gasteiger partial charge in [0.25, 0.3) is 0 Å². The molecule has 3 nitrogen and oxygen atoms in total. The predicted molar refractivity (Wildman–Crippen MR) is 73.2 cm³/mol. The Labute approximate surface area is 108 Å². The summed E-state index contributed by atoms with van der Waals surface area (Å²) in [6, 6.07) is 0.692. The summed E-state index contributed by atoms with van der Waals surface area (Å²) in [4.78, 5) is 12.0. The second-order valence-electron chi connectivity index (χ2n) is 6.37. The van der Waals surface area contributed by atoms with Gasteiger partial charge < -0.3 is 10.6 Å². The Hall–Kier alpha value is -0.220. The normalized spacial score (nSPS) is 30.9. The molecule has 0 aromatic rings. The number of nitrogens with one attached hydrogen (secondary N) is 2. The fourth-order valence-electron chi connectivity index (χ4n) is 2.75. The minimum atomic E-state index is 0.202. The minimum Gasteiger partial charge on any atom is -0.352 e. The van der Waals surface area contributed by atoms with Crippen molar-refractivity contribution in [3.63, 3.8) is 0 Å². The van der Waals surface area contributed by atoms with Crippen molar-refractivity contribution < 1.29 is 4.79 Å². The van der Waals surface area contributed by atoms with Crippen LogP contribution in [0.2, 0.25) is 0 Å². The maximum atomic E-state index is 12.0. The van der Waals surface area contributed by atoms with E-state index in [1.54, 1.807) is 0 Å². The summed E-state index contributed by atoms with van der Waals surface area (Å²) in [7, 11) is 0. The summed E-state index contributed by atoms with van der Waals surface area (Å²) in [5, 5.41) is 6.60. The summed E-state index contributed by atoms with van der Waals surface area (Å²) in [5.74, 6) is 2.43. The van der Waals surface area contributed by atoms with E-state index in [2.05, 4.69) is 38.3 Å². The van der Waals surface area contributed by atoms with Crippen LogP contribution in [0.3, 0.4) is 0 Å². The standard InChI is InChI=1S/C13H24N2OS/c1-12(2)11(13(12,3)4)15-10(16)7-9-8-17-6-5-14-9/h9,11,14H,5-8H2,1-4H3,(H,15,16). The molecule has 1 atom stereocenters. The van der Waals surface area contributed by atoms with E-state index in [0.717, 1.165) is 12.3 Å². The van der Waals surface area contributed by atoms with Crippen molar-refractivity contribution in [1.29, 1.82) is 0 Å². The van der Waals surface area contributed by atoms with Crippen LogP contribution in [0.15, 0.2) is 0 Å². The van der Waals surface area contributed by atoms with Gasteiger partial charge in [-0.15, -0.1) is 0 Å². The van der Waals surface area contributed by atoms with Crippen LogP contribution in [0.25, 0.3) is 0 Å². The third kappa shape index (κ3) is 2.48. The van der Waals surface area contributed by atoms with E-state index in [4.69, 9.17) is 0 Å². The maximum absolute atomic E-state index is 12.0. The van der Waals surface area contributed by atoms with Crippen LogP contribution in [0.5, 0.6) is 0 Å². The topological polar surface area (TPSA) is 41.1 Å². The molecule has 1 aliphatic heterocycles. The third-order valence-corrected chi connectivity index (χ3v) is 5.89. The van der Waals surface area contributed by atoms with Gasteiger partial charge in [-0.05, 0) is 10.8 Å². The highest BCUT2D eigenvalue weighted by atomic mass is 32.2. The van der Waals surface area contributed by atoms with Crippen molar-refractivity contribution in [2.24, 2.45) is 10.8 Å². The lowest BCUT2D eigenvalue weighted by Gasteiger charge is -2.22. The van der Waals surface area contributed by atoms with Gasteiger partial charge in [0.15, 0.2) is 0 Å². The molecule has 17 heavy (non-hydrogen) atoms. The molecule has 1 saturated carbocycles. The molecule has 2 rings (SSSR count). The second kappa shape index (κ2) is 4.47. The Balaban J connectivity index is 1.79. The number of carbonyl (C=O) groups is 1. The van der Waals surface area contributed by atoms with E-state index >= 15 is 0 Å². The lowest BCUT2D eigenvalue weighted by Crippen LogP contribution is -2.42. The van der Waals surface area contributed by atoms with Crippen LogP contribution >= 0.6 is 11.8 Å². The lowest BCUT2D eigenvalue weighted by atomic mass is 10.0. The molecule has 0 aromatic carbocycles. The molecule has 1 amide bonds. The van der Waals surface area contributed by atoms with Gasteiger partial charge in [0.1, 0.15) is 0 Å². The molecule has 98 valence electrons. The Morgan fingerprint density at radius 2 is 2.00 bits per heavy atom. The van der Waals surface area contributed by atoms with Crippen molar-refractivity contribution in [2.45, 2.75) is 46.2 Å². The van der Waals surface area contributed by atoms with E-state index in [1.807, 2.05) is 11.8 Å². The molecule has 1 heterocycles. The fraction of sp³-hybridized carbons (Fsp3) is 0.923. The van der Waals surface area contributed by atoms with Crippen molar-refractivity contribution in [1.82, 2.24) is 10.6 Å². The van der Waals surface area contributed by atoms with Gasteiger partial charge in [0, 0.05) is 36.6 Å². The summed E-state index contributed by atoms with van der Waals surface area (Å²) in [6.45, 7) is 9.95. The monoisotopic (exact) mass is 256 g/mol. The van der Waals surface area contributed by atoms with Crippen LogP contribution in [-0.2, 0) is 4.79 Å². The summed E-state index contributed by atoms with van der Waals surface area (Å²) < 4.78 is 0. The first-order valence-electron chi connectivity index (χ1n) is 6.46. The third-order valence-electron chi connectivity index (χ3n) is 4.76. The Morgan fingerprint density at radius 1 is 1.35 bits per heavy atom. The summed E-state index contributed by atoms with van der Waals surface area (Å²) in [6.07, 6.45) is 0.621. The molecule has 0 spiro atoms. The van der Waals surface area contributed by atoms with Crippen LogP contribution in [0.4, 0.5) is 0 Å². The van der Waals surface area contributed by atoms with Gasteiger partial charge in [-0.1, -0.05) is 27.7 Å².